The first kappa shape index (κ1) is 17.7. The van der Waals surface area contributed by atoms with Crippen molar-refractivity contribution >= 4 is 28.2 Å². The lowest BCUT2D eigenvalue weighted by Crippen LogP contribution is -2.13. The molecule has 0 bridgehead atoms. The Morgan fingerprint density at radius 3 is 2.53 bits per heavy atom. The fraction of sp³-hybridized carbons (Fsp3) is 0. The highest BCUT2D eigenvalue weighted by atomic mass is 16.3. The van der Waals surface area contributed by atoms with Gasteiger partial charge in [-0.2, -0.15) is 0 Å². The highest BCUT2D eigenvalue weighted by molar-refractivity contribution is 5.90. The topological polar surface area (TPSA) is 87.9 Å². The van der Waals surface area contributed by atoms with E-state index in [4.69, 9.17) is 4.98 Å². The van der Waals surface area contributed by atoms with Crippen LogP contribution in [-0.4, -0.2) is 30.0 Å². The molecule has 0 saturated heterocycles. The summed E-state index contributed by atoms with van der Waals surface area (Å²) < 4.78 is 0. The molecular formula is C23H16N6O. The third kappa shape index (κ3) is 3.29. The first-order valence-electron chi connectivity index (χ1n) is 9.31. The number of fused-ring (bicyclic) bond motifs is 1. The summed E-state index contributed by atoms with van der Waals surface area (Å²) in [5, 5.41) is 11.4. The second-order valence-corrected chi connectivity index (χ2v) is 6.57. The van der Waals surface area contributed by atoms with Crippen LogP contribution in [0.3, 0.4) is 0 Å². The Labute approximate surface area is 172 Å². The number of benzene rings is 1. The lowest BCUT2D eigenvalue weighted by atomic mass is 10.1. The van der Waals surface area contributed by atoms with E-state index >= 15 is 0 Å². The quantitative estimate of drug-likeness (QED) is 0.476. The van der Waals surface area contributed by atoms with Crippen molar-refractivity contribution in [3.63, 3.8) is 0 Å². The summed E-state index contributed by atoms with van der Waals surface area (Å²) in [6.45, 7) is 0. The van der Waals surface area contributed by atoms with Crippen molar-refractivity contribution in [2.75, 3.05) is 4.90 Å². The molecule has 5 aromatic rings. The fourth-order valence-corrected chi connectivity index (χ4v) is 3.31. The molecule has 30 heavy (non-hydrogen) atoms. The zero-order valence-electron chi connectivity index (χ0n) is 15.8. The van der Waals surface area contributed by atoms with Crippen molar-refractivity contribution in [3.8, 4) is 17.0 Å². The van der Waals surface area contributed by atoms with Gasteiger partial charge in [-0.05, 0) is 42.5 Å². The van der Waals surface area contributed by atoms with Crippen molar-refractivity contribution < 1.29 is 5.11 Å². The summed E-state index contributed by atoms with van der Waals surface area (Å²) in [7, 11) is 0. The molecule has 4 heterocycles. The molecule has 0 unspecified atom stereocenters. The predicted octanol–water partition coefficient (Wildman–Crippen LogP) is 4.66. The van der Waals surface area contributed by atoms with Crippen LogP contribution in [0.25, 0.3) is 22.2 Å². The number of hydrogen-bond acceptors (Lipinski definition) is 7. The molecular weight excluding hydrogens is 376 g/mol. The smallest absolute Gasteiger partial charge is 0.143 e. The van der Waals surface area contributed by atoms with Crippen molar-refractivity contribution in [1.29, 1.82) is 0 Å². The molecule has 0 saturated carbocycles. The van der Waals surface area contributed by atoms with E-state index in [1.807, 2.05) is 53.4 Å². The van der Waals surface area contributed by atoms with Crippen molar-refractivity contribution in [3.05, 3.63) is 91.8 Å². The Morgan fingerprint density at radius 2 is 1.70 bits per heavy atom. The second-order valence-electron chi connectivity index (χ2n) is 6.57. The molecule has 1 N–H and O–H groups in total. The van der Waals surface area contributed by atoms with Crippen LogP contribution in [0.2, 0.25) is 0 Å². The van der Waals surface area contributed by atoms with E-state index in [2.05, 4.69) is 19.9 Å². The molecule has 0 spiro atoms. The number of nitrogens with zero attached hydrogens (tertiary/aromatic N) is 6. The van der Waals surface area contributed by atoms with Gasteiger partial charge in [-0.3, -0.25) is 14.9 Å². The van der Waals surface area contributed by atoms with Crippen molar-refractivity contribution in [2.45, 2.75) is 0 Å². The van der Waals surface area contributed by atoms with Crippen LogP contribution in [0.5, 0.6) is 5.75 Å². The molecule has 0 amide bonds. The number of pyridine rings is 3. The standard InChI is InChI=1S/C23H16N6O/c30-20-13-18(12-16-4-3-10-26-23(16)20)29(21-8-11-25-15-27-21)22-7-1-6-19(28-22)17-5-2-9-24-14-17/h1-15,30H. The van der Waals surface area contributed by atoms with Gasteiger partial charge in [0, 0.05) is 41.8 Å². The molecule has 5 rings (SSSR count). The molecule has 0 radical (unpaired) electrons. The number of phenols is 1. The van der Waals surface area contributed by atoms with E-state index in [1.54, 1.807) is 36.9 Å². The van der Waals surface area contributed by atoms with E-state index in [1.165, 1.54) is 6.33 Å². The zero-order chi connectivity index (χ0) is 20.3. The van der Waals surface area contributed by atoms with Crippen LogP contribution in [0.15, 0.2) is 91.8 Å². The Hall–Kier alpha value is -4.39. The highest BCUT2D eigenvalue weighted by Gasteiger charge is 2.18. The minimum Gasteiger partial charge on any atom is -0.506 e. The van der Waals surface area contributed by atoms with Gasteiger partial charge >= 0.3 is 0 Å². The van der Waals surface area contributed by atoms with Crippen LogP contribution in [0.4, 0.5) is 17.3 Å². The summed E-state index contributed by atoms with van der Waals surface area (Å²) in [5.41, 5.74) is 2.95. The minimum atomic E-state index is 0.0885. The number of phenolic OH excluding ortho intramolecular Hbond substituents is 1. The molecule has 0 aliphatic heterocycles. The Morgan fingerprint density at radius 1 is 0.767 bits per heavy atom. The first-order valence-corrected chi connectivity index (χ1v) is 9.31. The van der Waals surface area contributed by atoms with Gasteiger partial charge in [0.1, 0.15) is 29.2 Å². The van der Waals surface area contributed by atoms with Crippen LogP contribution in [0.1, 0.15) is 0 Å². The van der Waals surface area contributed by atoms with Crippen LogP contribution >= 0.6 is 0 Å². The number of aromatic hydroxyl groups is 1. The van der Waals surface area contributed by atoms with Crippen molar-refractivity contribution in [2.24, 2.45) is 0 Å². The van der Waals surface area contributed by atoms with Gasteiger partial charge in [-0.1, -0.05) is 12.1 Å². The summed E-state index contributed by atoms with van der Waals surface area (Å²) in [4.78, 5) is 23.6. The van der Waals surface area contributed by atoms with E-state index in [9.17, 15) is 5.11 Å². The summed E-state index contributed by atoms with van der Waals surface area (Å²) in [5.74, 6) is 1.37. The van der Waals surface area contributed by atoms with Gasteiger partial charge in [-0.15, -0.1) is 0 Å². The normalized spacial score (nSPS) is 10.8. The molecule has 1 aromatic carbocycles. The number of hydrogen-bond donors (Lipinski definition) is 1. The largest absolute Gasteiger partial charge is 0.506 e. The molecule has 4 aromatic heterocycles. The number of aromatic nitrogens is 5. The maximum Gasteiger partial charge on any atom is 0.143 e. The van der Waals surface area contributed by atoms with Gasteiger partial charge in [0.2, 0.25) is 0 Å². The number of anilines is 3. The predicted molar refractivity (Wildman–Crippen MR) is 115 cm³/mol. The molecule has 0 fully saturated rings. The maximum absolute atomic E-state index is 10.6. The zero-order valence-corrected chi connectivity index (χ0v) is 15.8. The fourth-order valence-electron chi connectivity index (χ4n) is 3.31. The Balaban J connectivity index is 1.70. The van der Waals surface area contributed by atoms with Crippen LogP contribution in [0, 0.1) is 0 Å². The lowest BCUT2D eigenvalue weighted by molar-refractivity contribution is 0.480. The SMILES string of the molecule is Oc1cc(N(c2ccncn2)c2cccc(-c3cccnc3)n2)cc2cccnc12. The summed E-state index contributed by atoms with van der Waals surface area (Å²) in [6, 6.07) is 18.7. The van der Waals surface area contributed by atoms with Gasteiger partial charge in [0.05, 0.1) is 11.4 Å². The van der Waals surface area contributed by atoms with E-state index in [-0.39, 0.29) is 5.75 Å². The Kier molecular flexibility index (Phi) is 4.46. The molecule has 0 aliphatic carbocycles. The Bertz CT molecular complexity index is 1310. The van der Waals surface area contributed by atoms with E-state index < -0.39 is 0 Å². The van der Waals surface area contributed by atoms with Gasteiger partial charge in [-0.25, -0.2) is 15.0 Å². The molecule has 0 aliphatic rings. The average Bonchev–Trinajstić information content (AvgIpc) is 2.81. The van der Waals surface area contributed by atoms with E-state index in [0.29, 0.717) is 22.8 Å². The average molecular weight is 392 g/mol. The molecule has 7 nitrogen and oxygen atoms in total. The summed E-state index contributed by atoms with van der Waals surface area (Å²) in [6.07, 6.45) is 8.31. The van der Waals surface area contributed by atoms with Crippen LogP contribution in [-0.2, 0) is 0 Å². The lowest BCUT2D eigenvalue weighted by Gasteiger charge is -2.24. The van der Waals surface area contributed by atoms with Crippen molar-refractivity contribution in [1.82, 2.24) is 24.9 Å². The molecule has 144 valence electrons. The second kappa shape index (κ2) is 7.56. The van der Waals surface area contributed by atoms with Gasteiger partial charge < -0.3 is 5.11 Å². The van der Waals surface area contributed by atoms with Gasteiger partial charge in [0.15, 0.2) is 0 Å². The maximum atomic E-state index is 10.6. The summed E-state index contributed by atoms with van der Waals surface area (Å²) >= 11 is 0. The highest BCUT2D eigenvalue weighted by Crippen LogP contribution is 2.37. The first-order chi connectivity index (χ1) is 14.8. The monoisotopic (exact) mass is 392 g/mol. The molecule has 7 heteroatoms. The minimum absolute atomic E-state index is 0.0885. The third-order valence-electron chi connectivity index (χ3n) is 4.64. The van der Waals surface area contributed by atoms with E-state index in [0.717, 1.165) is 16.6 Å². The molecule has 0 atom stereocenters. The third-order valence-corrected chi connectivity index (χ3v) is 4.64. The number of rotatable bonds is 4. The van der Waals surface area contributed by atoms with Gasteiger partial charge in [0.25, 0.3) is 0 Å². The van der Waals surface area contributed by atoms with Crippen LogP contribution < -0.4 is 4.90 Å².